The molecule has 1 rings (SSSR count). The van der Waals surface area contributed by atoms with Gasteiger partial charge in [0.1, 0.15) is 6.10 Å². The molecule has 2 atom stereocenters. The van der Waals surface area contributed by atoms with Gasteiger partial charge < -0.3 is 46.1 Å². The Morgan fingerprint density at radius 3 is 1.36 bits per heavy atom. The van der Waals surface area contributed by atoms with E-state index in [2.05, 4.69) is 40.0 Å². The molecule has 11 heteroatoms. The van der Waals surface area contributed by atoms with Gasteiger partial charge in [-0.1, -0.05) is 206 Å². The molecule has 0 aromatic rings. The van der Waals surface area contributed by atoms with E-state index in [1.165, 1.54) is 193 Å². The molecule has 6 N–H and O–H groups in total. The number of ether oxygens (including phenoxy) is 3. The van der Waals surface area contributed by atoms with Crippen molar-refractivity contribution in [1.82, 2.24) is 26.2 Å². The fraction of sp³-hybridized carbons (Fsp3) is 0.964. The minimum Gasteiger partial charge on any atom is -0.352 e. The first-order chi connectivity index (χ1) is 33.1. The van der Waals surface area contributed by atoms with Crippen LogP contribution >= 0.6 is 0 Å². The molecule has 0 unspecified atom stereocenters. The van der Waals surface area contributed by atoms with Crippen LogP contribution in [0.1, 0.15) is 258 Å². The molecule has 0 aliphatic carbocycles. The molecule has 398 valence electrons. The fourth-order valence-corrected chi connectivity index (χ4v) is 9.05. The van der Waals surface area contributed by atoms with Gasteiger partial charge in [-0.05, 0) is 84.2 Å². The SMILES string of the molecule is CCCCCCCCCCCCCCCCCCN(CCCCCCCCCCCCCCCCCC)C(=O)CCCO[C@@H]1OC[C@@H](CNC(=O)CNCCCNCCCCNCCCN)O1. The number of carbonyl (C=O) groups is 2. The van der Waals surface area contributed by atoms with Crippen molar-refractivity contribution in [3.63, 3.8) is 0 Å². The summed E-state index contributed by atoms with van der Waals surface area (Å²) in [5, 5.41) is 13.0. The second-order valence-electron chi connectivity index (χ2n) is 20.0. The van der Waals surface area contributed by atoms with E-state index in [9.17, 15) is 9.59 Å². The summed E-state index contributed by atoms with van der Waals surface area (Å²) < 4.78 is 17.4. The van der Waals surface area contributed by atoms with E-state index in [0.717, 1.165) is 90.9 Å². The smallest absolute Gasteiger partial charge is 0.272 e. The summed E-state index contributed by atoms with van der Waals surface area (Å²) in [6.07, 6.45) is 48.7. The third-order valence-electron chi connectivity index (χ3n) is 13.5. The second kappa shape index (κ2) is 52.5. The van der Waals surface area contributed by atoms with Crippen LogP contribution in [0.2, 0.25) is 0 Å². The Labute approximate surface area is 415 Å². The number of unbranched alkanes of at least 4 members (excludes halogenated alkanes) is 31. The van der Waals surface area contributed by atoms with Crippen molar-refractivity contribution in [1.29, 1.82) is 0 Å². The number of hydrogen-bond donors (Lipinski definition) is 5. The highest BCUT2D eigenvalue weighted by Gasteiger charge is 2.27. The lowest BCUT2D eigenvalue weighted by atomic mass is 10.0. The van der Waals surface area contributed by atoms with E-state index in [4.69, 9.17) is 19.9 Å². The van der Waals surface area contributed by atoms with Gasteiger partial charge in [0.15, 0.2) is 0 Å². The van der Waals surface area contributed by atoms with Gasteiger partial charge in [0.2, 0.25) is 11.8 Å². The minimum absolute atomic E-state index is 0.0506. The summed E-state index contributed by atoms with van der Waals surface area (Å²) in [6, 6.07) is 0. The first-order valence-corrected chi connectivity index (χ1v) is 29.4. The molecule has 0 saturated carbocycles. The monoisotopic (exact) mass is 951 g/mol. The molecule has 1 aliphatic rings. The van der Waals surface area contributed by atoms with Gasteiger partial charge in [0.05, 0.1) is 19.8 Å². The molecule has 0 bridgehead atoms. The van der Waals surface area contributed by atoms with Gasteiger partial charge in [0.25, 0.3) is 6.48 Å². The van der Waals surface area contributed by atoms with Crippen molar-refractivity contribution < 1.29 is 23.8 Å². The Bertz CT molecular complexity index is 991. The second-order valence-corrected chi connectivity index (χ2v) is 20.0. The summed E-state index contributed by atoms with van der Waals surface area (Å²) in [7, 11) is 0. The zero-order valence-electron chi connectivity index (χ0n) is 44.6. The number of nitrogens with zero attached hydrogens (tertiary/aromatic N) is 1. The molecule has 0 radical (unpaired) electrons. The molecule has 0 aromatic heterocycles. The lowest BCUT2D eigenvalue weighted by Gasteiger charge is -2.23. The van der Waals surface area contributed by atoms with Gasteiger partial charge in [-0.2, -0.15) is 0 Å². The maximum Gasteiger partial charge on any atom is 0.272 e. The molecule has 1 saturated heterocycles. The maximum absolute atomic E-state index is 13.5. The van der Waals surface area contributed by atoms with Crippen molar-refractivity contribution in [2.45, 2.75) is 270 Å². The Balaban J connectivity index is 2.22. The normalized spacial score (nSPS) is 14.9. The average Bonchev–Trinajstić information content (AvgIpc) is 3.80. The van der Waals surface area contributed by atoms with Gasteiger partial charge in [0, 0.05) is 26.1 Å². The lowest BCUT2D eigenvalue weighted by Crippen LogP contribution is -2.39. The van der Waals surface area contributed by atoms with E-state index in [1.54, 1.807) is 0 Å². The van der Waals surface area contributed by atoms with E-state index in [0.29, 0.717) is 32.6 Å². The standard InChI is InChI=1S/C56H114N6O5/c1-3-5-7-9-11-13-15-17-19-21-23-25-27-29-31-35-47-62(48-36-32-30-28-26-24-22-20-18-16-14-12-10-8-6-4-2)55(64)40-37-49-65-56-66-52-53(67-56)50-61-54(63)51-60-46-39-45-59-43-34-33-42-58-44-38-41-57/h53,56,58-60H,3-52,57H2,1-2H3,(H,61,63)/t53-,56-/m1/s1. The average molecular weight is 952 g/mol. The third kappa shape index (κ3) is 45.5. The molecule has 2 amide bonds. The van der Waals surface area contributed by atoms with E-state index < -0.39 is 6.48 Å². The number of amides is 2. The minimum atomic E-state index is -0.749. The Morgan fingerprint density at radius 2 is 0.910 bits per heavy atom. The molecule has 1 heterocycles. The lowest BCUT2D eigenvalue weighted by molar-refractivity contribution is -0.237. The van der Waals surface area contributed by atoms with Crippen LogP contribution < -0.4 is 27.0 Å². The highest BCUT2D eigenvalue weighted by molar-refractivity contribution is 5.78. The topological polar surface area (TPSA) is 139 Å². The van der Waals surface area contributed by atoms with E-state index in [1.807, 2.05) is 0 Å². The number of nitrogens with two attached hydrogens (primary N) is 1. The van der Waals surface area contributed by atoms with Crippen LogP contribution in [0.4, 0.5) is 0 Å². The molecular weight excluding hydrogens is 837 g/mol. The first-order valence-electron chi connectivity index (χ1n) is 29.4. The van der Waals surface area contributed by atoms with Crippen LogP contribution in [0.25, 0.3) is 0 Å². The zero-order chi connectivity index (χ0) is 48.2. The van der Waals surface area contributed by atoms with Gasteiger partial charge >= 0.3 is 0 Å². The summed E-state index contributed by atoms with van der Waals surface area (Å²) in [6.45, 7) is 12.6. The number of rotatable bonds is 55. The summed E-state index contributed by atoms with van der Waals surface area (Å²) in [4.78, 5) is 28.0. The Hall–Kier alpha value is -1.34. The largest absolute Gasteiger partial charge is 0.352 e. The van der Waals surface area contributed by atoms with Crippen molar-refractivity contribution in [2.75, 3.05) is 78.7 Å². The van der Waals surface area contributed by atoms with E-state index in [-0.39, 0.29) is 24.5 Å². The number of hydrogen-bond acceptors (Lipinski definition) is 9. The van der Waals surface area contributed by atoms with Crippen LogP contribution in [0, 0.1) is 0 Å². The number of carbonyl (C=O) groups excluding carboxylic acids is 2. The van der Waals surface area contributed by atoms with Crippen LogP contribution in [-0.2, 0) is 23.8 Å². The fourth-order valence-electron chi connectivity index (χ4n) is 9.05. The third-order valence-corrected chi connectivity index (χ3v) is 13.5. The van der Waals surface area contributed by atoms with Crippen molar-refractivity contribution in [2.24, 2.45) is 5.73 Å². The molecule has 67 heavy (non-hydrogen) atoms. The van der Waals surface area contributed by atoms with Gasteiger partial charge in [-0.15, -0.1) is 0 Å². The van der Waals surface area contributed by atoms with Crippen LogP contribution in [0.5, 0.6) is 0 Å². The molecular formula is C56H114N6O5. The van der Waals surface area contributed by atoms with E-state index >= 15 is 0 Å². The molecule has 0 spiro atoms. The molecule has 1 fully saturated rings. The predicted octanol–water partition coefficient (Wildman–Crippen LogP) is 12.2. The predicted molar refractivity (Wildman–Crippen MR) is 285 cm³/mol. The summed E-state index contributed by atoms with van der Waals surface area (Å²) in [5.41, 5.74) is 5.52. The zero-order valence-corrected chi connectivity index (χ0v) is 44.6. The van der Waals surface area contributed by atoms with Crippen molar-refractivity contribution >= 4 is 11.8 Å². The van der Waals surface area contributed by atoms with Crippen molar-refractivity contribution in [3.05, 3.63) is 0 Å². The van der Waals surface area contributed by atoms with Crippen LogP contribution in [-0.4, -0.2) is 108 Å². The van der Waals surface area contributed by atoms with Crippen LogP contribution in [0.15, 0.2) is 0 Å². The quantitative estimate of drug-likeness (QED) is 0.0377. The molecule has 1 aliphatic heterocycles. The van der Waals surface area contributed by atoms with Gasteiger partial charge in [-0.25, -0.2) is 0 Å². The molecule has 11 nitrogen and oxygen atoms in total. The Morgan fingerprint density at radius 1 is 0.507 bits per heavy atom. The summed E-state index contributed by atoms with van der Waals surface area (Å²) in [5.74, 6) is 0.201. The van der Waals surface area contributed by atoms with Gasteiger partial charge in [-0.3, -0.25) is 9.59 Å². The van der Waals surface area contributed by atoms with Crippen molar-refractivity contribution in [3.8, 4) is 0 Å². The highest BCUT2D eigenvalue weighted by atomic mass is 16.9. The summed E-state index contributed by atoms with van der Waals surface area (Å²) >= 11 is 0. The van der Waals surface area contributed by atoms with Crippen LogP contribution in [0.3, 0.4) is 0 Å². The maximum atomic E-state index is 13.5. The first kappa shape index (κ1) is 63.7. The highest BCUT2D eigenvalue weighted by Crippen LogP contribution is 2.17. The molecule has 0 aromatic carbocycles. The Kier molecular flexibility index (Phi) is 49.9. The number of nitrogens with one attached hydrogen (secondary N) is 4.